The molecule has 0 aliphatic heterocycles. The molecule has 1 aromatic carbocycles. The minimum Gasteiger partial charge on any atom is -0.362 e. The zero-order chi connectivity index (χ0) is 19.8. The van der Waals surface area contributed by atoms with Crippen LogP contribution < -0.4 is 5.32 Å². The molecule has 0 fully saturated rings. The zero-order valence-corrected chi connectivity index (χ0v) is 14.8. The molecule has 3 rings (SSSR count). The molecule has 1 amide bonds. The van der Waals surface area contributed by atoms with Crippen molar-refractivity contribution in [1.29, 1.82) is 0 Å². The van der Waals surface area contributed by atoms with Gasteiger partial charge in [0.2, 0.25) is 11.7 Å². The second-order valence-electron chi connectivity index (χ2n) is 6.04. The molecule has 144 valence electrons. The molecule has 0 aliphatic carbocycles. The highest BCUT2D eigenvalue weighted by atomic mass is 19.4. The van der Waals surface area contributed by atoms with Gasteiger partial charge in [-0.2, -0.15) is 18.2 Å². The first kappa shape index (κ1) is 18.9. The normalized spacial score (nSPS) is 13.1. The highest BCUT2D eigenvalue weighted by Gasteiger charge is 2.38. The fourth-order valence-corrected chi connectivity index (χ4v) is 2.69. The van der Waals surface area contributed by atoms with Gasteiger partial charge in [-0.05, 0) is 37.6 Å². The molecule has 0 saturated carbocycles. The topological polar surface area (TPSA) is 82.2 Å². The highest BCUT2D eigenvalue weighted by molar-refractivity contribution is 5.89. The summed E-state index contributed by atoms with van der Waals surface area (Å²) in [4.78, 5) is 15.5. The van der Waals surface area contributed by atoms with Gasteiger partial charge in [0.25, 0.3) is 0 Å². The van der Waals surface area contributed by atoms with Gasteiger partial charge >= 0.3 is 12.1 Å². The van der Waals surface area contributed by atoms with Crippen molar-refractivity contribution in [1.82, 2.24) is 20.0 Å². The van der Waals surface area contributed by atoms with Crippen molar-refractivity contribution in [3.05, 3.63) is 35.9 Å². The van der Waals surface area contributed by atoms with Gasteiger partial charge in [-0.25, -0.2) is 0 Å². The molecular formula is C17H17F3N4O3. The summed E-state index contributed by atoms with van der Waals surface area (Å²) >= 11 is 0. The lowest BCUT2D eigenvalue weighted by molar-refractivity contribution is -0.159. The Hall–Kier alpha value is -2.88. The van der Waals surface area contributed by atoms with Crippen molar-refractivity contribution in [2.45, 2.75) is 32.8 Å². The van der Waals surface area contributed by atoms with Gasteiger partial charge in [0.15, 0.2) is 0 Å². The molecule has 7 nitrogen and oxygen atoms in total. The number of fused-ring (bicyclic) bond motifs is 1. The lowest BCUT2D eigenvalue weighted by Crippen LogP contribution is -2.35. The second-order valence-corrected chi connectivity index (χ2v) is 6.04. The molecule has 0 bridgehead atoms. The Balaban J connectivity index is 1.90. The molecule has 10 heteroatoms. The average molecular weight is 382 g/mol. The van der Waals surface area contributed by atoms with E-state index < -0.39 is 18.3 Å². The largest absolute Gasteiger partial charge is 0.471 e. The number of hydrogen-bond donors (Lipinski definition) is 1. The first-order valence-corrected chi connectivity index (χ1v) is 8.02. The van der Waals surface area contributed by atoms with Gasteiger partial charge in [-0.15, -0.1) is 0 Å². The maximum atomic E-state index is 12.6. The molecule has 0 radical (unpaired) electrons. The van der Waals surface area contributed by atoms with E-state index in [0.29, 0.717) is 5.56 Å². The van der Waals surface area contributed by atoms with Crippen LogP contribution in [-0.4, -0.2) is 34.0 Å². The first-order valence-electron chi connectivity index (χ1n) is 8.02. The van der Waals surface area contributed by atoms with Crippen molar-refractivity contribution < 1.29 is 27.2 Å². The van der Waals surface area contributed by atoms with Crippen molar-refractivity contribution in [3.63, 3.8) is 0 Å². The van der Waals surface area contributed by atoms with Crippen LogP contribution in [-0.2, 0) is 22.3 Å². The summed E-state index contributed by atoms with van der Waals surface area (Å²) in [7, 11) is 1.49. The number of aryl methyl sites for hydroxylation is 1. The maximum Gasteiger partial charge on any atom is 0.471 e. The van der Waals surface area contributed by atoms with Crippen LogP contribution in [0.3, 0.4) is 0 Å². The number of halogens is 3. The summed E-state index contributed by atoms with van der Waals surface area (Å²) in [6, 6.07) is 4.95. The van der Waals surface area contributed by atoms with Crippen molar-refractivity contribution in [2.24, 2.45) is 0 Å². The van der Waals surface area contributed by atoms with E-state index in [0.717, 1.165) is 16.5 Å². The van der Waals surface area contributed by atoms with Gasteiger partial charge < -0.3 is 19.1 Å². The Bertz CT molecular complexity index is 978. The summed E-state index contributed by atoms with van der Waals surface area (Å²) in [6.45, 7) is 3.64. The zero-order valence-electron chi connectivity index (χ0n) is 14.8. The van der Waals surface area contributed by atoms with Crippen molar-refractivity contribution in [3.8, 4) is 11.4 Å². The summed E-state index contributed by atoms with van der Waals surface area (Å²) in [5, 5.41) is 6.86. The smallest absolute Gasteiger partial charge is 0.362 e. The summed E-state index contributed by atoms with van der Waals surface area (Å²) < 4.78 is 48.9. The number of carbonyl (C=O) groups is 1. The van der Waals surface area contributed by atoms with Crippen molar-refractivity contribution in [2.75, 3.05) is 7.11 Å². The standard InChI is InChI=1S/C17H17F3N4O3/c1-9-7-24(8-14(25)21-10(2)26-3)13-5-4-11(6-12(9)13)15-22-16(27-23-15)17(18,19)20/h4-7,10H,8H2,1-3H3,(H,21,25). The summed E-state index contributed by atoms with van der Waals surface area (Å²) in [5.74, 6) is -1.77. The van der Waals surface area contributed by atoms with E-state index in [1.807, 2.05) is 6.92 Å². The van der Waals surface area contributed by atoms with E-state index in [-0.39, 0.29) is 18.3 Å². The number of methoxy groups -OCH3 is 1. The molecule has 2 aromatic heterocycles. The Morgan fingerprint density at radius 2 is 2.15 bits per heavy atom. The molecule has 0 aliphatic rings. The Kier molecular flexibility index (Phi) is 4.92. The Morgan fingerprint density at radius 1 is 1.41 bits per heavy atom. The number of benzene rings is 1. The van der Waals surface area contributed by atoms with Crippen LogP contribution in [0, 0.1) is 6.92 Å². The lowest BCUT2D eigenvalue weighted by atomic mass is 10.1. The van der Waals surface area contributed by atoms with Crippen LogP contribution in [0.25, 0.3) is 22.3 Å². The third kappa shape index (κ3) is 3.95. The van der Waals surface area contributed by atoms with E-state index in [9.17, 15) is 18.0 Å². The molecule has 3 aromatic rings. The number of rotatable bonds is 5. The molecular weight excluding hydrogens is 365 g/mol. The monoisotopic (exact) mass is 382 g/mol. The number of amides is 1. The molecule has 0 spiro atoms. The predicted molar refractivity (Wildman–Crippen MR) is 89.6 cm³/mol. The van der Waals surface area contributed by atoms with Crippen LogP contribution in [0.5, 0.6) is 0 Å². The molecule has 1 unspecified atom stereocenters. The SMILES string of the molecule is COC(C)NC(=O)Cn1cc(C)c2cc(-c3noc(C(F)(F)F)n3)ccc21. The number of nitrogens with zero attached hydrogens (tertiary/aromatic N) is 3. The molecule has 1 atom stereocenters. The van der Waals surface area contributed by atoms with Crippen LogP contribution in [0.4, 0.5) is 13.2 Å². The van der Waals surface area contributed by atoms with E-state index in [1.54, 1.807) is 35.9 Å². The first-order chi connectivity index (χ1) is 12.7. The van der Waals surface area contributed by atoms with Crippen LogP contribution >= 0.6 is 0 Å². The maximum absolute atomic E-state index is 12.6. The minimum atomic E-state index is -4.69. The van der Waals surface area contributed by atoms with Crippen LogP contribution in [0.15, 0.2) is 28.9 Å². The van der Waals surface area contributed by atoms with Crippen LogP contribution in [0.2, 0.25) is 0 Å². The van der Waals surface area contributed by atoms with E-state index in [2.05, 4.69) is 20.0 Å². The van der Waals surface area contributed by atoms with Gasteiger partial charge in [-0.1, -0.05) is 5.16 Å². The number of carbonyl (C=O) groups excluding carboxylic acids is 1. The predicted octanol–water partition coefficient (Wildman–Crippen LogP) is 3.13. The molecule has 0 saturated heterocycles. The molecule has 2 heterocycles. The van der Waals surface area contributed by atoms with E-state index >= 15 is 0 Å². The number of hydrogen-bond acceptors (Lipinski definition) is 5. The van der Waals surface area contributed by atoms with Gasteiger partial charge in [0, 0.05) is 29.8 Å². The van der Waals surface area contributed by atoms with Gasteiger partial charge in [-0.3, -0.25) is 4.79 Å². The van der Waals surface area contributed by atoms with Gasteiger partial charge in [0.1, 0.15) is 12.8 Å². The number of aromatic nitrogens is 3. The second kappa shape index (κ2) is 7.03. The van der Waals surface area contributed by atoms with Gasteiger partial charge in [0.05, 0.1) is 0 Å². The average Bonchev–Trinajstić information content (AvgIpc) is 3.20. The number of ether oxygens (including phenoxy) is 1. The molecule has 1 N–H and O–H groups in total. The summed E-state index contributed by atoms with van der Waals surface area (Å²) in [5.41, 5.74) is 2.01. The van der Waals surface area contributed by atoms with Crippen LogP contribution in [0.1, 0.15) is 18.4 Å². The number of nitrogens with one attached hydrogen (secondary N) is 1. The third-order valence-corrected chi connectivity index (χ3v) is 4.04. The third-order valence-electron chi connectivity index (χ3n) is 4.04. The fourth-order valence-electron chi connectivity index (χ4n) is 2.69. The minimum absolute atomic E-state index is 0.0812. The van der Waals surface area contributed by atoms with E-state index in [4.69, 9.17) is 4.74 Å². The Labute approximate surface area is 152 Å². The molecule has 27 heavy (non-hydrogen) atoms. The fraction of sp³-hybridized carbons (Fsp3) is 0.353. The number of alkyl halides is 3. The quantitative estimate of drug-likeness (QED) is 0.686. The highest BCUT2D eigenvalue weighted by Crippen LogP contribution is 2.31. The lowest BCUT2D eigenvalue weighted by Gasteiger charge is -2.12. The summed E-state index contributed by atoms with van der Waals surface area (Å²) in [6.07, 6.45) is -3.31. The Morgan fingerprint density at radius 3 is 2.78 bits per heavy atom. The van der Waals surface area contributed by atoms with Crippen molar-refractivity contribution >= 4 is 16.8 Å². The van der Waals surface area contributed by atoms with E-state index in [1.165, 1.54) is 7.11 Å².